The zero-order chi connectivity index (χ0) is 24.0. The van der Waals surface area contributed by atoms with Crippen LogP contribution in [-0.4, -0.2) is 39.8 Å². The van der Waals surface area contributed by atoms with Crippen LogP contribution in [0.2, 0.25) is 0 Å². The van der Waals surface area contributed by atoms with Gasteiger partial charge in [-0.25, -0.2) is 4.98 Å². The maximum atomic E-state index is 12.6. The zero-order valence-electron chi connectivity index (χ0n) is 19.4. The summed E-state index contributed by atoms with van der Waals surface area (Å²) in [6.07, 6.45) is 0.709. The van der Waals surface area contributed by atoms with Crippen molar-refractivity contribution in [3.8, 4) is 17.0 Å². The second-order valence-corrected chi connectivity index (χ2v) is 10.2. The van der Waals surface area contributed by atoms with Crippen molar-refractivity contribution >= 4 is 39.6 Å². The molecule has 0 radical (unpaired) electrons. The summed E-state index contributed by atoms with van der Waals surface area (Å²) in [7, 11) is 0. The molecule has 176 valence electrons. The van der Waals surface area contributed by atoms with Crippen molar-refractivity contribution in [2.45, 2.75) is 25.8 Å². The van der Waals surface area contributed by atoms with Crippen LogP contribution in [0.15, 0.2) is 60.7 Å². The number of nitrogens with zero attached hydrogens (tertiary/aromatic N) is 4. The molecule has 0 atom stereocenters. The normalized spacial score (nSPS) is 16.1. The van der Waals surface area contributed by atoms with Gasteiger partial charge in [0.05, 0.1) is 23.6 Å². The second-order valence-electron chi connectivity index (χ2n) is 9.26. The Morgan fingerprint density at radius 3 is 2.74 bits per heavy atom. The lowest BCUT2D eigenvalue weighted by Crippen LogP contribution is -2.48. The van der Waals surface area contributed by atoms with Crippen molar-refractivity contribution in [2.24, 2.45) is 0 Å². The van der Waals surface area contributed by atoms with Crippen molar-refractivity contribution in [1.29, 1.82) is 0 Å². The number of benzene rings is 2. The van der Waals surface area contributed by atoms with E-state index in [2.05, 4.69) is 25.7 Å². The largest absolute Gasteiger partial charge is 0.490 e. The van der Waals surface area contributed by atoms with Gasteiger partial charge in [0.1, 0.15) is 17.2 Å². The highest BCUT2D eigenvalue weighted by atomic mass is 32.1. The van der Waals surface area contributed by atoms with Gasteiger partial charge in [-0.3, -0.25) is 4.79 Å². The number of carbonyl (C=O) groups is 1. The van der Waals surface area contributed by atoms with Gasteiger partial charge in [-0.1, -0.05) is 41.7 Å². The maximum Gasteiger partial charge on any atom is 0.263 e. The Labute approximate surface area is 207 Å². The average Bonchev–Trinajstić information content (AvgIpc) is 3.28. The molecule has 1 amide bonds. The first kappa shape index (κ1) is 21.5. The van der Waals surface area contributed by atoms with Crippen LogP contribution in [0, 0.1) is 0 Å². The van der Waals surface area contributed by atoms with Gasteiger partial charge in [-0.2, -0.15) is 0 Å². The molecule has 35 heavy (non-hydrogen) atoms. The number of ether oxygens (including phenoxy) is 1. The summed E-state index contributed by atoms with van der Waals surface area (Å²) in [6.45, 7) is 5.24. The van der Waals surface area contributed by atoms with E-state index >= 15 is 0 Å². The van der Waals surface area contributed by atoms with Crippen molar-refractivity contribution in [2.75, 3.05) is 23.4 Å². The molecule has 9 heteroatoms. The van der Waals surface area contributed by atoms with Gasteiger partial charge in [-0.05, 0) is 44.2 Å². The highest BCUT2D eigenvalue weighted by Gasteiger charge is 2.34. The monoisotopic (exact) mass is 484 g/mol. The van der Waals surface area contributed by atoms with E-state index in [1.165, 1.54) is 11.3 Å². The Bertz CT molecular complexity index is 1400. The third-order valence-corrected chi connectivity index (χ3v) is 7.13. The molecule has 0 saturated carbocycles. The van der Waals surface area contributed by atoms with Crippen molar-refractivity contribution < 1.29 is 9.53 Å². The molecule has 6 rings (SSSR count). The Hall–Kier alpha value is -3.98. The molecule has 0 aliphatic carbocycles. The van der Waals surface area contributed by atoms with E-state index in [-0.39, 0.29) is 11.4 Å². The molecule has 2 aromatic carbocycles. The SMILES string of the molecule is CC1(C)Cc2nc(N3CCOc4ccc(Nc5ccc(-c6ccccc6)nn5)cc43)sc2C(=O)N1. The Balaban J connectivity index is 1.27. The lowest BCUT2D eigenvalue weighted by atomic mass is 9.94. The van der Waals surface area contributed by atoms with E-state index in [9.17, 15) is 4.79 Å². The van der Waals surface area contributed by atoms with Crippen LogP contribution in [0.1, 0.15) is 29.2 Å². The topological polar surface area (TPSA) is 92.3 Å². The van der Waals surface area contributed by atoms with Crippen LogP contribution in [0.4, 0.5) is 22.3 Å². The summed E-state index contributed by atoms with van der Waals surface area (Å²) < 4.78 is 5.90. The molecule has 4 aromatic rings. The number of hydrogen-bond acceptors (Lipinski definition) is 8. The van der Waals surface area contributed by atoms with Crippen LogP contribution in [-0.2, 0) is 6.42 Å². The fraction of sp³-hybridized carbons (Fsp3) is 0.231. The van der Waals surface area contributed by atoms with E-state index in [0.29, 0.717) is 30.3 Å². The Morgan fingerprint density at radius 2 is 1.94 bits per heavy atom. The molecular formula is C26H24N6O2S. The van der Waals surface area contributed by atoms with Gasteiger partial charge >= 0.3 is 0 Å². The van der Waals surface area contributed by atoms with E-state index in [1.54, 1.807) is 0 Å². The van der Waals surface area contributed by atoms with Gasteiger partial charge in [0, 0.05) is 23.2 Å². The van der Waals surface area contributed by atoms with E-state index in [1.807, 2.05) is 74.5 Å². The van der Waals surface area contributed by atoms with Gasteiger partial charge in [0.25, 0.3) is 5.91 Å². The molecule has 0 fully saturated rings. The fourth-order valence-electron chi connectivity index (χ4n) is 4.38. The van der Waals surface area contributed by atoms with Crippen molar-refractivity contribution in [3.05, 3.63) is 71.2 Å². The highest BCUT2D eigenvalue weighted by molar-refractivity contribution is 7.17. The van der Waals surface area contributed by atoms with Crippen molar-refractivity contribution in [1.82, 2.24) is 20.5 Å². The molecule has 4 heterocycles. The molecule has 2 N–H and O–H groups in total. The minimum atomic E-state index is -0.299. The summed E-state index contributed by atoms with van der Waals surface area (Å²) in [6, 6.07) is 19.7. The van der Waals surface area contributed by atoms with E-state index in [4.69, 9.17) is 9.72 Å². The van der Waals surface area contributed by atoms with E-state index in [0.717, 1.165) is 39.2 Å². The number of carbonyl (C=O) groups excluding carboxylic acids is 1. The standard InChI is InChI=1S/C26H24N6O2S/c1-26(2)15-19-23(24(33)29-26)35-25(28-19)32-12-13-34-21-10-8-17(14-20(21)32)27-22-11-9-18(30-31-22)16-6-4-3-5-7-16/h3-11,14H,12-13,15H2,1-2H3,(H,27,31)(H,29,33). The lowest BCUT2D eigenvalue weighted by molar-refractivity contribution is 0.0901. The third kappa shape index (κ3) is 4.19. The predicted octanol–water partition coefficient (Wildman–Crippen LogP) is 4.94. The predicted molar refractivity (Wildman–Crippen MR) is 137 cm³/mol. The van der Waals surface area contributed by atoms with Gasteiger partial charge < -0.3 is 20.3 Å². The van der Waals surface area contributed by atoms with Crippen LogP contribution in [0.25, 0.3) is 11.3 Å². The lowest BCUT2D eigenvalue weighted by Gasteiger charge is -2.29. The number of nitrogens with one attached hydrogen (secondary N) is 2. The highest BCUT2D eigenvalue weighted by Crippen LogP contribution is 2.42. The Kier molecular flexibility index (Phi) is 5.14. The maximum absolute atomic E-state index is 12.6. The fourth-order valence-corrected chi connectivity index (χ4v) is 5.40. The number of aromatic nitrogens is 3. The number of amides is 1. The van der Waals surface area contributed by atoms with Crippen LogP contribution in [0.3, 0.4) is 0 Å². The van der Waals surface area contributed by atoms with E-state index < -0.39 is 0 Å². The van der Waals surface area contributed by atoms with Crippen molar-refractivity contribution in [3.63, 3.8) is 0 Å². The van der Waals surface area contributed by atoms with Crippen LogP contribution < -0.4 is 20.3 Å². The first-order valence-electron chi connectivity index (χ1n) is 11.5. The number of fused-ring (bicyclic) bond motifs is 2. The molecular weight excluding hydrogens is 460 g/mol. The second kappa shape index (κ2) is 8.35. The number of rotatable bonds is 4. The van der Waals surface area contributed by atoms with Gasteiger partial charge in [-0.15, -0.1) is 10.2 Å². The smallest absolute Gasteiger partial charge is 0.263 e. The third-order valence-electron chi connectivity index (χ3n) is 6.01. The molecule has 8 nitrogen and oxygen atoms in total. The minimum absolute atomic E-state index is 0.0542. The average molecular weight is 485 g/mol. The quantitative estimate of drug-likeness (QED) is 0.424. The summed E-state index contributed by atoms with van der Waals surface area (Å²) in [5, 5.41) is 15.9. The summed E-state index contributed by atoms with van der Waals surface area (Å²) in [5.74, 6) is 1.38. The Morgan fingerprint density at radius 1 is 1.09 bits per heavy atom. The zero-order valence-corrected chi connectivity index (χ0v) is 20.2. The molecule has 0 unspecified atom stereocenters. The summed E-state index contributed by atoms with van der Waals surface area (Å²) in [5.41, 5.74) is 4.17. The molecule has 0 bridgehead atoms. The minimum Gasteiger partial charge on any atom is -0.490 e. The number of hydrogen-bond donors (Lipinski definition) is 2. The summed E-state index contributed by atoms with van der Waals surface area (Å²) in [4.78, 5) is 20.3. The molecule has 2 aliphatic heterocycles. The van der Waals surface area contributed by atoms with Crippen LogP contribution >= 0.6 is 11.3 Å². The molecule has 2 aliphatic rings. The summed E-state index contributed by atoms with van der Waals surface area (Å²) >= 11 is 1.43. The van der Waals surface area contributed by atoms with Gasteiger partial charge in [0.2, 0.25) is 0 Å². The number of anilines is 4. The molecule has 2 aromatic heterocycles. The first-order chi connectivity index (χ1) is 16.9. The first-order valence-corrected chi connectivity index (χ1v) is 12.3. The van der Waals surface area contributed by atoms with Crippen LogP contribution in [0.5, 0.6) is 5.75 Å². The van der Waals surface area contributed by atoms with Gasteiger partial charge in [0.15, 0.2) is 10.9 Å². The molecule has 0 saturated heterocycles. The number of thiazole rings is 1. The molecule has 0 spiro atoms.